The molecular formula is C31H31F3N6O2S. The number of alkyl halides is 3. The number of ether oxygens (including phenoxy) is 1. The Morgan fingerprint density at radius 3 is 2.47 bits per heavy atom. The number of benzene rings is 3. The van der Waals surface area contributed by atoms with E-state index in [4.69, 9.17) is 0 Å². The fraction of sp³-hybridized carbons (Fsp3) is 0.290. The summed E-state index contributed by atoms with van der Waals surface area (Å²) in [7, 11) is 0. The van der Waals surface area contributed by atoms with E-state index in [9.17, 15) is 18.0 Å². The number of rotatable bonds is 8. The number of halogens is 3. The van der Waals surface area contributed by atoms with Crippen molar-refractivity contribution in [3.63, 3.8) is 0 Å². The first-order valence-electron chi connectivity index (χ1n) is 13.9. The zero-order valence-corrected chi connectivity index (χ0v) is 24.6. The molecule has 0 spiro atoms. The molecule has 1 fully saturated rings. The molecule has 43 heavy (non-hydrogen) atoms. The van der Waals surface area contributed by atoms with Gasteiger partial charge in [-0.05, 0) is 74.1 Å². The maximum absolute atomic E-state index is 12.6. The van der Waals surface area contributed by atoms with Gasteiger partial charge in [0.05, 0.1) is 5.69 Å². The zero-order valence-electron chi connectivity index (χ0n) is 23.8. The van der Waals surface area contributed by atoms with Crippen LogP contribution in [0.5, 0.6) is 5.75 Å². The van der Waals surface area contributed by atoms with Crippen molar-refractivity contribution in [3.8, 4) is 22.8 Å². The van der Waals surface area contributed by atoms with E-state index < -0.39 is 6.36 Å². The Morgan fingerprint density at radius 2 is 1.77 bits per heavy atom. The van der Waals surface area contributed by atoms with Gasteiger partial charge in [-0.15, -0.1) is 18.3 Å². The van der Waals surface area contributed by atoms with Gasteiger partial charge in [0.15, 0.2) is 11.0 Å². The Labute approximate surface area is 252 Å². The van der Waals surface area contributed by atoms with Crippen LogP contribution in [0.4, 0.5) is 23.7 Å². The van der Waals surface area contributed by atoms with E-state index in [2.05, 4.69) is 56.0 Å². The van der Waals surface area contributed by atoms with Gasteiger partial charge < -0.3 is 15.0 Å². The molecule has 1 aromatic heterocycles. The van der Waals surface area contributed by atoms with Gasteiger partial charge in [0, 0.05) is 30.1 Å². The van der Waals surface area contributed by atoms with Gasteiger partial charge >= 0.3 is 12.4 Å². The van der Waals surface area contributed by atoms with Crippen molar-refractivity contribution in [2.75, 3.05) is 23.7 Å². The lowest BCUT2D eigenvalue weighted by molar-refractivity contribution is -0.274. The fourth-order valence-electron chi connectivity index (χ4n) is 4.85. The number of carbonyl (C=O) groups excluding carboxylic acids is 1. The Hall–Kier alpha value is -4.32. The summed E-state index contributed by atoms with van der Waals surface area (Å²) >= 11 is 1.61. The molecule has 0 radical (unpaired) electrons. The molecular weight excluding hydrogens is 577 g/mol. The number of amidine groups is 1. The second-order valence-electron chi connectivity index (χ2n) is 10.1. The van der Waals surface area contributed by atoms with Crippen molar-refractivity contribution < 1.29 is 22.7 Å². The molecule has 0 bridgehead atoms. The second kappa shape index (κ2) is 13.3. The lowest BCUT2D eigenvalue weighted by Crippen LogP contribution is -2.36. The van der Waals surface area contributed by atoms with E-state index in [0.717, 1.165) is 53.5 Å². The molecule has 5 rings (SSSR count). The molecule has 224 valence electrons. The number of urea groups is 1. The molecule has 3 aromatic carbocycles. The van der Waals surface area contributed by atoms with Gasteiger partial charge in [-0.1, -0.05) is 54.2 Å². The molecule has 1 aliphatic rings. The Kier molecular flexibility index (Phi) is 9.34. The molecule has 2 amide bonds. The van der Waals surface area contributed by atoms with Gasteiger partial charge in [0.1, 0.15) is 12.1 Å². The van der Waals surface area contributed by atoms with E-state index in [1.54, 1.807) is 11.8 Å². The summed E-state index contributed by atoms with van der Waals surface area (Å²) in [6.45, 7) is 5.50. The highest BCUT2D eigenvalue weighted by atomic mass is 32.2. The lowest BCUT2D eigenvalue weighted by atomic mass is 10.1. The van der Waals surface area contributed by atoms with E-state index in [-0.39, 0.29) is 11.8 Å². The standard InChI is InChI=1S/C31H31F3N6O2S/c1-21-6-3-7-22(2)27(21)39-18-5-19-43-30(39)37-29(41)35-17-4-8-23-9-11-24(12-10-23)28-36-20-40(38-28)25-13-15-26(16-14-25)42-31(32,33)34/h3,6-7,9-16,20H,4-5,8,17-19H2,1-2H3,(H,35,41)/b37-30-. The summed E-state index contributed by atoms with van der Waals surface area (Å²) < 4.78 is 42.6. The maximum Gasteiger partial charge on any atom is 0.573 e. The number of aliphatic imine (C=N–C) groups is 1. The molecule has 0 saturated carbocycles. The van der Waals surface area contributed by atoms with Gasteiger partial charge in [-0.25, -0.2) is 14.5 Å². The Bertz CT molecular complexity index is 1570. The number of nitrogens with zero attached hydrogens (tertiary/aromatic N) is 5. The first kappa shape index (κ1) is 30.1. The summed E-state index contributed by atoms with van der Waals surface area (Å²) in [6, 6.07) is 19.1. The quantitative estimate of drug-likeness (QED) is 0.215. The van der Waals surface area contributed by atoms with Crippen LogP contribution in [0.3, 0.4) is 0 Å². The number of hydrogen-bond acceptors (Lipinski definition) is 5. The Balaban J connectivity index is 1.12. The second-order valence-corrected chi connectivity index (χ2v) is 11.1. The summed E-state index contributed by atoms with van der Waals surface area (Å²) in [5.74, 6) is 1.12. The van der Waals surface area contributed by atoms with Crippen LogP contribution in [0.25, 0.3) is 17.1 Å². The van der Waals surface area contributed by atoms with Crippen molar-refractivity contribution in [2.45, 2.75) is 39.5 Å². The first-order valence-corrected chi connectivity index (χ1v) is 14.8. The van der Waals surface area contributed by atoms with Crippen molar-refractivity contribution >= 4 is 28.6 Å². The molecule has 1 aliphatic heterocycles. The summed E-state index contributed by atoms with van der Waals surface area (Å²) in [4.78, 5) is 23.5. The number of para-hydroxylation sites is 1. The number of aryl methyl sites for hydroxylation is 3. The molecule has 1 saturated heterocycles. The number of anilines is 1. The molecule has 0 unspecified atom stereocenters. The molecule has 0 atom stereocenters. The topological polar surface area (TPSA) is 84.6 Å². The largest absolute Gasteiger partial charge is 0.573 e. The minimum atomic E-state index is -4.74. The summed E-state index contributed by atoms with van der Waals surface area (Å²) in [6.07, 6.45) is -0.677. The predicted molar refractivity (Wildman–Crippen MR) is 163 cm³/mol. The highest BCUT2D eigenvalue weighted by Crippen LogP contribution is 2.31. The number of hydrogen-bond donors (Lipinski definition) is 1. The average Bonchev–Trinajstić information content (AvgIpc) is 3.46. The van der Waals surface area contributed by atoms with E-state index in [1.165, 1.54) is 46.4 Å². The van der Waals surface area contributed by atoms with E-state index in [0.29, 0.717) is 18.1 Å². The van der Waals surface area contributed by atoms with Crippen LogP contribution in [-0.2, 0) is 6.42 Å². The highest BCUT2D eigenvalue weighted by Gasteiger charge is 2.31. The fourth-order valence-corrected chi connectivity index (χ4v) is 5.79. The third-order valence-corrected chi connectivity index (χ3v) is 7.91. The van der Waals surface area contributed by atoms with E-state index >= 15 is 0 Å². The lowest BCUT2D eigenvalue weighted by Gasteiger charge is -2.31. The van der Waals surface area contributed by atoms with Crippen LogP contribution in [0.15, 0.2) is 78.0 Å². The van der Waals surface area contributed by atoms with Gasteiger partial charge in [0.25, 0.3) is 0 Å². The van der Waals surface area contributed by atoms with E-state index in [1.807, 2.05) is 30.3 Å². The first-order chi connectivity index (χ1) is 20.7. The third-order valence-electron chi connectivity index (χ3n) is 6.85. The third kappa shape index (κ3) is 7.95. The molecule has 4 aromatic rings. The van der Waals surface area contributed by atoms with Crippen LogP contribution in [0, 0.1) is 13.8 Å². The Morgan fingerprint density at radius 1 is 1.05 bits per heavy atom. The van der Waals surface area contributed by atoms with Crippen LogP contribution in [0.1, 0.15) is 29.5 Å². The molecule has 1 N–H and O–H groups in total. The molecule has 0 aliphatic carbocycles. The summed E-state index contributed by atoms with van der Waals surface area (Å²) in [5.41, 5.74) is 5.92. The average molecular weight is 609 g/mol. The predicted octanol–water partition coefficient (Wildman–Crippen LogP) is 7.09. The molecule has 12 heteroatoms. The minimum Gasteiger partial charge on any atom is -0.406 e. The van der Waals surface area contributed by atoms with Crippen molar-refractivity contribution in [1.29, 1.82) is 0 Å². The number of thioether (sulfide) groups is 1. The SMILES string of the molecule is Cc1cccc(C)c1N1CCCS/C1=N\C(=O)NCCCc1ccc(-c2ncn(-c3ccc(OC(F)(F)F)cc3)n2)cc1. The molecule has 2 heterocycles. The van der Waals surface area contributed by atoms with Crippen LogP contribution < -0.4 is 15.0 Å². The summed E-state index contributed by atoms with van der Waals surface area (Å²) in [5, 5.41) is 8.09. The zero-order chi connectivity index (χ0) is 30.4. The number of amides is 2. The number of carbonyl (C=O) groups is 1. The van der Waals surface area contributed by atoms with Crippen molar-refractivity contribution in [3.05, 3.63) is 89.7 Å². The van der Waals surface area contributed by atoms with Gasteiger partial charge in [-0.2, -0.15) is 4.99 Å². The molecule has 8 nitrogen and oxygen atoms in total. The van der Waals surface area contributed by atoms with Gasteiger partial charge in [0.2, 0.25) is 0 Å². The van der Waals surface area contributed by atoms with Crippen LogP contribution >= 0.6 is 11.8 Å². The maximum atomic E-state index is 12.6. The van der Waals surface area contributed by atoms with Gasteiger partial charge in [-0.3, -0.25) is 0 Å². The minimum absolute atomic E-state index is 0.303. The number of nitrogens with one attached hydrogen (secondary N) is 1. The van der Waals surface area contributed by atoms with Crippen molar-refractivity contribution in [2.24, 2.45) is 4.99 Å². The van der Waals surface area contributed by atoms with Crippen LogP contribution in [0.2, 0.25) is 0 Å². The van der Waals surface area contributed by atoms with Crippen LogP contribution in [-0.4, -0.2) is 51.2 Å². The normalized spacial score (nSPS) is 14.6. The van der Waals surface area contributed by atoms with Crippen molar-refractivity contribution in [1.82, 2.24) is 20.1 Å². The highest BCUT2D eigenvalue weighted by molar-refractivity contribution is 8.14. The smallest absolute Gasteiger partial charge is 0.406 e. The monoisotopic (exact) mass is 608 g/mol. The number of aromatic nitrogens is 3.